The highest BCUT2D eigenvalue weighted by molar-refractivity contribution is 5.81. The first-order chi connectivity index (χ1) is 9.10. The molecule has 0 saturated heterocycles. The van der Waals surface area contributed by atoms with E-state index in [-0.39, 0.29) is 35.6 Å². The van der Waals surface area contributed by atoms with E-state index >= 15 is 0 Å². The Bertz CT molecular complexity index is 562. The highest BCUT2D eigenvalue weighted by Crippen LogP contribution is 2.19. The van der Waals surface area contributed by atoms with Crippen molar-refractivity contribution in [2.24, 2.45) is 0 Å². The number of carbonyl (C=O) groups excluding carboxylic acids is 1. The van der Waals surface area contributed by atoms with E-state index in [1.54, 1.807) is 6.07 Å². The molecule has 0 spiro atoms. The van der Waals surface area contributed by atoms with Crippen LogP contribution < -0.4 is 10.6 Å². The van der Waals surface area contributed by atoms with Gasteiger partial charge in [-0.2, -0.15) is 5.26 Å². The molecule has 0 aliphatic heterocycles. The Balaban J connectivity index is 2.01. The number of rotatable bonds is 5. The average molecular weight is 261 g/mol. The zero-order valence-corrected chi connectivity index (χ0v) is 9.92. The van der Waals surface area contributed by atoms with Crippen LogP contribution in [-0.4, -0.2) is 28.4 Å². The second-order valence-electron chi connectivity index (χ2n) is 4.15. The maximum atomic E-state index is 11.4. The monoisotopic (exact) mass is 261 g/mol. The molecule has 1 fully saturated rings. The van der Waals surface area contributed by atoms with Crippen LogP contribution in [0.25, 0.3) is 0 Å². The van der Waals surface area contributed by atoms with E-state index in [4.69, 9.17) is 5.26 Å². The normalized spacial score (nSPS) is 13.4. The fourth-order valence-electron chi connectivity index (χ4n) is 1.45. The van der Waals surface area contributed by atoms with Gasteiger partial charge in [-0.15, -0.1) is 0 Å². The summed E-state index contributed by atoms with van der Waals surface area (Å²) in [5.74, 6) is -0.0226. The summed E-state index contributed by atoms with van der Waals surface area (Å²) in [5.41, 5.74) is -0.224. The Kier molecular flexibility index (Phi) is 3.56. The Morgan fingerprint density at radius 1 is 1.63 bits per heavy atom. The number of amides is 1. The Morgan fingerprint density at radius 2 is 2.37 bits per heavy atom. The van der Waals surface area contributed by atoms with Gasteiger partial charge in [-0.1, -0.05) is 0 Å². The number of aromatic nitrogens is 1. The molecular formula is C11H11N5O3. The molecule has 0 unspecified atom stereocenters. The van der Waals surface area contributed by atoms with Gasteiger partial charge in [0.15, 0.2) is 0 Å². The van der Waals surface area contributed by atoms with Crippen molar-refractivity contribution in [2.75, 3.05) is 11.9 Å². The summed E-state index contributed by atoms with van der Waals surface area (Å²) in [5, 5.41) is 24.9. The molecule has 98 valence electrons. The van der Waals surface area contributed by atoms with Gasteiger partial charge in [-0.3, -0.25) is 14.9 Å². The quantitative estimate of drug-likeness (QED) is 0.589. The molecule has 1 aromatic rings. The molecule has 8 nitrogen and oxygen atoms in total. The predicted octanol–water partition coefficient (Wildman–Crippen LogP) is 0.552. The topological polar surface area (TPSA) is 121 Å². The summed E-state index contributed by atoms with van der Waals surface area (Å²) in [7, 11) is 0. The van der Waals surface area contributed by atoms with E-state index in [0.29, 0.717) is 0 Å². The summed E-state index contributed by atoms with van der Waals surface area (Å²) < 4.78 is 0. The van der Waals surface area contributed by atoms with E-state index in [2.05, 4.69) is 15.6 Å². The van der Waals surface area contributed by atoms with Crippen LogP contribution in [0, 0.1) is 21.4 Å². The molecule has 2 N–H and O–H groups in total. The van der Waals surface area contributed by atoms with Crippen molar-refractivity contribution in [3.05, 3.63) is 27.9 Å². The molecule has 2 rings (SSSR count). The zero-order chi connectivity index (χ0) is 13.8. The maximum absolute atomic E-state index is 11.4. The van der Waals surface area contributed by atoms with Crippen molar-refractivity contribution in [1.82, 2.24) is 10.3 Å². The summed E-state index contributed by atoms with van der Waals surface area (Å²) in [4.78, 5) is 25.2. The van der Waals surface area contributed by atoms with E-state index in [1.165, 1.54) is 0 Å². The molecule has 1 heterocycles. The molecule has 0 atom stereocenters. The van der Waals surface area contributed by atoms with Gasteiger partial charge in [-0.25, -0.2) is 4.98 Å². The molecule has 1 aliphatic rings. The van der Waals surface area contributed by atoms with Crippen LogP contribution in [0.4, 0.5) is 11.5 Å². The standard InChI is InChI=1S/C11H11N5O3/c12-4-7-3-9(16(18)19)5-13-11(7)14-6-10(17)15-8-1-2-8/h3,5,8H,1-2,6H2,(H,13,14)(H,15,17). The molecule has 1 amide bonds. The van der Waals surface area contributed by atoms with Crippen LogP contribution in [0.15, 0.2) is 12.3 Å². The van der Waals surface area contributed by atoms with Gasteiger partial charge in [0.05, 0.1) is 11.5 Å². The second kappa shape index (κ2) is 5.30. The van der Waals surface area contributed by atoms with Gasteiger partial charge < -0.3 is 10.6 Å². The minimum Gasteiger partial charge on any atom is -0.360 e. The highest BCUT2D eigenvalue weighted by Gasteiger charge is 2.23. The first kappa shape index (κ1) is 12.8. The van der Waals surface area contributed by atoms with Crippen molar-refractivity contribution < 1.29 is 9.72 Å². The Morgan fingerprint density at radius 3 is 2.95 bits per heavy atom. The van der Waals surface area contributed by atoms with Crippen LogP contribution in [-0.2, 0) is 4.79 Å². The molecule has 0 radical (unpaired) electrons. The predicted molar refractivity (Wildman–Crippen MR) is 65.3 cm³/mol. The third kappa shape index (κ3) is 3.38. The zero-order valence-electron chi connectivity index (χ0n) is 9.92. The summed E-state index contributed by atoms with van der Waals surface area (Å²) >= 11 is 0. The van der Waals surface area contributed by atoms with Crippen LogP contribution in [0.1, 0.15) is 18.4 Å². The fourth-order valence-corrected chi connectivity index (χ4v) is 1.45. The number of hydrogen-bond acceptors (Lipinski definition) is 6. The Labute approximate surface area is 108 Å². The number of carbonyl (C=O) groups is 1. The first-order valence-corrected chi connectivity index (χ1v) is 5.68. The minimum atomic E-state index is -0.628. The number of anilines is 1. The molecule has 0 aromatic carbocycles. The van der Waals surface area contributed by atoms with Gasteiger partial charge in [0.1, 0.15) is 23.6 Å². The lowest BCUT2D eigenvalue weighted by Gasteiger charge is -2.07. The summed E-state index contributed by atoms with van der Waals surface area (Å²) in [6.07, 6.45) is 3.03. The average Bonchev–Trinajstić information content (AvgIpc) is 3.19. The van der Waals surface area contributed by atoms with Crippen molar-refractivity contribution in [1.29, 1.82) is 5.26 Å². The number of nitro groups is 1. The van der Waals surface area contributed by atoms with E-state index in [1.807, 2.05) is 0 Å². The lowest BCUT2D eigenvalue weighted by atomic mass is 10.2. The first-order valence-electron chi connectivity index (χ1n) is 5.68. The lowest BCUT2D eigenvalue weighted by Crippen LogP contribution is -2.31. The second-order valence-corrected chi connectivity index (χ2v) is 4.15. The van der Waals surface area contributed by atoms with Crippen LogP contribution in [0.3, 0.4) is 0 Å². The van der Waals surface area contributed by atoms with Crippen LogP contribution in [0.2, 0.25) is 0 Å². The summed E-state index contributed by atoms with van der Waals surface area (Å²) in [6.45, 7) is -0.0179. The third-order valence-electron chi connectivity index (χ3n) is 2.56. The van der Waals surface area contributed by atoms with Gasteiger partial charge in [0.2, 0.25) is 5.91 Å². The van der Waals surface area contributed by atoms with Gasteiger partial charge in [0, 0.05) is 12.1 Å². The maximum Gasteiger partial charge on any atom is 0.289 e. The third-order valence-corrected chi connectivity index (χ3v) is 2.56. The van der Waals surface area contributed by atoms with Crippen molar-refractivity contribution >= 4 is 17.4 Å². The van der Waals surface area contributed by atoms with Crippen molar-refractivity contribution in [3.63, 3.8) is 0 Å². The molecule has 1 saturated carbocycles. The van der Waals surface area contributed by atoms with E-state index in [0.717, 1.165) is 25.1 Å². The molecule has 1 aliphatic carbocycles. The minimum absolute atomic E-state index is 0.0179. The van der Waals surface area contributed by atoms with Crippen LogP contribution >= 0.6 is 0 Å². The van der Waals surface area contributed by atoms with Crippen LogP contribution in [0.5, 0.6) is 0 Å². The molecule has 8 heteroatoms. The number of pyridine rings is 1. The summed E-state index contributed by atoms with van der Waals surface area (Å²) in [6, 6.07) is 3.18. The molecule has 0 bridgehead atoms. The fraction of sp³-hybridized carbons (Fsp3) is 0.364. The molecular weight excluding hydrogens is 250 g/mol. The lowest BCUT2D eigenvalue weighted by molar-refractivity contribution is -0.385. The molecule has 19 heavy (non-hydrogen) atoms. The smallest absolute Gasteiger partial charge is 0.289 e. The number of nitrogens with one attached hydrogen (secondary N) is 2. The number of hydrogen-bond donors (Lipinski definition) is 2. The highest BCUT2D eigenvalue weighted by atomic mass is 16.6. The van der Waals surface area contributed by atoms with Gasteiger partial charge in [-0.05, 0) is 12.8 Å². The van der Waals surface area contributed by atoms with E-state index in [9.17, 15) is 14.9 Å². The van der Waals surface area contributed by atoms with Crippen molar-refractivity contribution in [3.8, 4) is 6.07 Å². The Hall–Kier alpha value is -2.69. The molecule has 1 aromatic heterocycles. The SMILES string of the molecule is N#Cc1cc([N+](=O)[O-])cnc1NCC(=O)NC1CC1. The number of nitrogens with zero attached hydrogens (tertiary/aromatic N) is 3. The van der Waals surface area contributed by atoms with E-state index < -0.39 is 4.92 Å². The van der Waals surface area contributed by atoms with Gasteiger partial charge >= 0.3 is 0 Å². The largest absolute Gasteiger partial charge is 0.360 e. The number of nitriles is 1. The van der Waals surface area contributed by atoms with Crippen molar-refractivity contribution in [2.45, 2.75) is 18.9 Å². The van der Waals surface area contributed by atoms with Gasteiger partial charge in [0.25, 0.3) is 5.69 Å².